The minimum Gasteiger partial charge on any atom is -0.377 e. The molecule has 0 N–H and O–H groups in total. The molecule has 0 aromatic heterocycles. The van der Waals surface area contributed by atoms with Crippen molar-refractivity contribution in [2.75, 3.05) is 39.3 Å². The summed E-state index contributed by atoms with van der Waals surface area (Å²) in [4.78, 5) is 5.23. The minimum atomic E-state index is 0.306. The first-order chi connectivity index (χ1) is 9.66. The Morgan fingerprint density at radius 3 is 2.05 bits per heavy atom. The molecule has 1 heterocycles. The van der Waals surface area contributed by atoms with Crippen LogP contribution in [-0.2, 0) is 4.74 Å². The lowest BCUT2D eigenvalue weighted by Crippen LogP contribution is -2.56. The first kappa shape index (κ1) is 18.9. The Bertz CT molecular complexity index is 292. The molecule has 126 valence electrons. The molecule has 1 aliphatic heterocycles. The van der Waals surface area contributed by atoms with Crippen LogP contribution in [0.2, 0.25) is 0 Å². The summed E-state index contributed by atoms with van der Waals surface area (Å²) in [5, 5.41) is 0. The maximum atomic E-state index is 5.66. The number of hydrogen-bond acceptors (Lipinski definition) is 3. The monoisotopic (exact) mass is 298 g/mol. The highest BCUT2D eigenvalue weighted by molar-refractivity contribution is 4.89. The molecule has 0 aromatic carbocycles. The third-order valence-corrected chi connectivity index (χ3v) is 4.96. The van der Waals surface area contributed by atoms with Crippen LogP contribution in [0.1, 0.15) is 61.3 Å². The Labute approximate surface area is 133 Å². The van der Waals surface area contributed by atoms with Crippen molar-refractivity contribution in [3.63, 3.8) is 0 Å². The SMILES string of the molecule is CCC(C)(C)CC(C)(C)N1CCN(CCOC(C)C)CC1. The van der Waals surface area contributed by atoms with E-state index in [1.165, 1.54) is 39.0 Å². The number of hydrogen-bond donors (Lipinski definition) is 0. The average molecular weight is 299 g/mol. The summed E-state index contributed by atoms with van der Waals surface area (Å²) in [6.45, 7) is 22.8. The number of piperazine rings is 1. The summed E-state index contributed by atoms with van der Waals surface area (Å²) < 4.78 is 5.66. The fourth-order valence-corrected chi connectivity index (χ4v) is 3.40. The Kier molecular flexibility index (Phi) is 7.15. The molecule has 0 atom stereocenters. The van der Waals surface area contributed by atoms with Crippen molar-refractivity contribution in [2.24, 2.45) is 5.41 Å². The predicted molar refractivity (Wildman–Crippen MR) is 91.9 cm³/mol. The lowest BCUT2D eigenvalue weighted by molar-refractivity contribution is 0.00759. The molecule has 0 aliphatic carbocycles. The van der Waals surface area contributed by atoms with Crippen molar-refractivity contribution < 1.29 is 4.74 Å². The molecule has 21 heavy (non-hydrogen) atoms. The van der Waals surface area contributed by atoms with Gasteiger partial charge in [-0.2, -0.15) is 0 Å². The zero-order valence-corrected chi connectivity index (χ0v) is 15.5. The normalized spacial score (nSPS) is 19.4. The van der Waals surface area contributed by atoms with Crippen LogP contribution in [0.3, 0.4) is 0 Å². The van der Waals surface area contributed by atoms with Crippen LogP contribution in [0.25, 0.3) is 0 Å². The Hall–Kier alpha value is -0.120. The van der Waals surface area contributed by atoms with E-state index < -0.39 is 0 Å². The van der Waals surface area contributed by atoms with E-state index >= 15 is 0 Å². The second-order valence-electron chi connectivity index (χ2n) is 8.26. The molecule has 0 unspecified atom stereocenters. The van der Waals surface area contributed by atoms with Gasteiger partial charge in [0.15, 0.2) is 0 Å². The molecular weight excluding hydrogens is 260 g/mol. The summed E-state index contributed by atoms with van der Waals surface area (Å²) in [7, 11) is 0. The number of nitrogens with zero attached hydrogens (tertiary/aromatic N) is 2. The van der Waals surface area contributed by atoms with Gasteiger partial charge in [-0.1, -0.05) is 27.2 Å². The van der Waals surface area contributed by atoms with Crippen molar-refractivity contribution in [3.8, 4) is 0 Å². The fourth-order valence-electron chi connectivity index (χ4n) is 3.40. The van der Waals surface area contributed by atoms with Gasteiger partial charge in [-0.05, 0) is 39.5 Å². The van der Waals surface area contributed by atoms with Gasteiger partial charge < -0.3 is 4.74 Å². The van der Waals surface area contributed by atoms with E-state index in [0.717, 1.165) is 13.2 Å². The van der Waals surface area contributed by atoms with Crippen LogP contribution in [-0.4, -0.2) is 60.8 Å². The van der Waals surface area contributed by atoms with Gasteiger partial charge in [0.1, 0.15) is 0 Å². The topological polar surface area (TPSA) is 15.7 Å². The largest absolute Gasteiger partial charge is 0.377 e. The Balaban J connectivity index is 2.37. The fraction of sp³-hybridized carbons (Fsp3) is 1.00. The van der Waals surface area contributed by atoms with Crippen LogP contribution in [0.4, 0.5) is 0 Å². The van der Waals surface area contributed by atoms with Crippen molar-refractivity contribution in [3.05, 3.63) is 0 Å². The predicted octanol–water partition coefficient (Wildman–Crippen LogP) is 3.63. The quantitative estimate of drug-likeness (QED) is 0.680. The molecule has 1 fully saturated rings. The van der Waals surface area contributed by atoms with Crippen LogP contribution in [0.15, 0.2) is 0 Å². The van der Waals surface area contributed by atoms with Gasteiger partial charge in [0, 0.05) is 38.3 Å². The molecule has 3 heteroatoms. The molecule has 1 rings (SSSR count). The Morgan fingerprint density at radius 2 is 1.57 bits per heavy atom. The zero-order valence-electron chi connectivity index (χ0n) is 15.5. The van der Waals surface area contributed by atoms with E-state index in [2.05, 4.69) is 58.3 Å². The van der Waals surface area contributed by atoms with Crippen molar-refractivity contribution in [2.45, 2.75) is 73.0 Å². The van der Waals surface area contributed by atoms with Gasteiger partial charge in [-0.25, -0.2) is 0 Å². The van der Waals surface area contributed by atoms with Crippen molar-refractivity contribution in [1.82, 2.24) is 9.80 Å². The standard InChI is InChI=1S/C18H38N2O/c1-8-17(4,5)15-18(6,7)20-11-9-19(10-12-20)13-14-21-16(2)3/h16H,8-15H2,1-7H3. The highest BCUT2D eigenvalue weighted by Gasteiger charge is 2.34. The highest BCUT2D eigenvalue weighted by atomic mass is 16.5. The highest BCUT2D eigenvalue weighted by Crippen LogP contribution is 2.34. The summed E-state index contributed by atoms with van der Waals surface area (Å²) in [5.41, 5.74) is 0.742. The molecule has 3 nitrogen and oxygen atoms in total. The molecule has 0 bridgehead atoms. The van der Waals surface area contributed by atoms with E-state index in [0.29, 0.717) is 17.1 Å². The van der Waals surface area contributed by atoms with Gasteiger partial charge >= 0.3 is 0 Å². The maximum Gasteiger partial charge on any atom is 0.0596 e. The van der Waals surface area contributed by atoms with Crippen molar-refractivity contribution >= 4 is 0 Å². The summed E-state index contributed by atoms with van der Waals surface area (Å²) in [6.07, 6.45) is 2.87. The van der Waals surface area contributed by atoms with E-state index in [1.807, 2.05) is 0 Å². The maximum absolute atomic E-state index is 5.66. The summed E-state index contributed by atoms with van der Waals surface area (Å²) in [6, 6.07) is 0. The van der Waals surface area contributed by atoms with Crippen LogP contribution >= 0.6 is 0 Å². The molecule has 1 aliphatic rings. The van der Waals surface area contributed by atoms with Gasteiger partial charge in [0.25, 0.3) is 0 Å². The van der Waals surface area contributed by atoms with Crippen LogP contribution < -0.4 is 0 Å². The second-order valence-corrected chi connectivity index (χ2v) is 8.26. The third-order valence-electron chi connectivity index (χ3n) is 4.96. The lowest BCUT2D eigenvalue weighted by atomic mass is 9.77. The van der Waals surface area contributed by atoms with Crippen LogP contribution in [0, 0.1) is 5.41 Å². The molecule has 0 amide bonds. The van der Waals surface area contributed by atoms with E-state index in [1.54, 1.807) is 0 Å². The Morgan fingerprint density at radius 1 is 1.00 bits per heavy atom. The van der Waals surface area contributed by atoms with E-state index in [9.17, 15) is 0 Å². The summed E-state index contributed by atoms with van der Waals surface area (Å²) in [5.74, 6) is 0. The molecular formula is C18H38N2O. The smallest absolute Gasteiger partial charge is 0.0596 e. The van der Waals surface area contributed by atoms with Gasteiger partial charge in [0.05, 0.1) is 12.7 Å². The van der Waals surface area contributed by atoms with Gasteiger partial charge in [-0.15, -0.1) is 0 Å². The molecule has 0 saturated carbocycles. The average Bonchev–Trinajstić information content (AvgIpc) is 2.38. The second kappa shape index (κ2) is 7.94. The minimum absolute atomic E-state index is 0.306. The molecule has 0 spiro atoms. The van der Waals surface area contributed by atoms with E-state index in [4.69, 9.17) is 4.74 Å². The lowest BCUT2D eigenvalue weighted by Gasteiger charge is -2.47. The molecule has 0 radical (unpaired) electrons. The first-order valence-corrected chi connectivity index (χ1v) is 8.75. The summed E-state index contributed by atoms with van der Waals surface area (Å²) >= 11 is 0. The molecule has 1 saturated heterocycles. The molecule has 0 aromatic rings. The zero-order chi connectivity index (χ0) is 16.1. The van der Waals surface area contributed by atoms with Crippen molar-refractivity contribution in [1.29, 1.82) is 0 Å². The third kappa shape index (κ3) is 6.66. The van der Waals surface area contributed by atoms with E-state index in [-0.39, 0.29) is 0 Å². The van der Waals surface area contributed by atoms with Crippen LogP contribution in [0.5, 0.6) is 0 Å². The number of rotatable bonds is 8. The first-order valence-electron chi connectivity index (χ1n) is 8.75. The number of ether oxygens (including phenoxy) is 1. The van der Waals surface area contributed by atoms with Gasteiger partial charge in [-0.3, -0.25) is 9.80 Å². The van der Waals surface area contributed by atoms with Gasteiger partial charge in [0.2, 0.25) is 0 Å².